The van der Waals surface area contributed by atoms with Crippen molar-refractivity contribution in [1.29, 1.82) is 0 Å². The predicted molar refractivity (Wildman–Crippen MR) is 95.7 cm³/mol. The molecule has 0 aliphatic carbocycles. The number of anilines is 1. The summed E-state index contributed by atoms with van der Waals surface area (Å²) in [5, 5.41) is 12.1. The second-order valence-electron chi connectivity index (χ2n) is 6.69. The summed E-state index contributed by atoms with van der Waals surface area (Å²) in [7, 11) is 0. The highest BCUT2D eigenvalue weighted by Gasteiger charge is 2.52. The van der Waals surface area contributed by atoms with Gasteiger partial charge in [-0.3, -0.25) is 4.79 Å². The average Bonchev–Trinajstić information content (AvgIpc) is 3.20. The minimum Gasteiger partial charge on any atom is -0.464 e. The van der Waals surface area contributed by atoms with Crippen molar-refractivity contribution in [3.8, 4) is 0 Å². The van der Waals surface area contributed by atoms with Crippen molar-refractivity contribution in [3.05, 3.63) is 59.9 Å². The topological polar surface area (TPSA) is 66.0 Å². The van der Waals surface area contributed by atoms with Crippen LogP contribution in [0.1, 0.15) is 22.3 Å². The summed E-state index contributed by atoms with van der Waals surface area (Å²) in [5.41, 5.74) is 2.25. The summed E-state index contributed by atoms with van der Waals surface area (Å²) in [6.45, 7) is 2.47. The van der Waals surface area contributed by atoms with Gasteiger partial charge in [-0.1, -0.05) is 11.6 Å². The van der Waals surface area contributed by atoms with Gasteiger partial charge in [-0.2, -0.15) is 0 Å². The summed E-state index contributed by atoms with van der Waals surface area (Å²) >= 11 is 0. The summed E-state index contributed by atoms with van der Waals surface area (Å²) in [6, 6.07) is 13.3. The Morgan fingerprint density at radius 3 is 2.96 bits per heavy atom. The minimum atomic E-state index is -1.55. The fourth-order valence-electron chi connectivity index (χ4n) is 3.72. The number of Topliss-reactive ketones (excluding diaryl/α,β-unsaturated/α-hetero) is 1. The van der Waals surface area contributed by atoms with Gasteiger partial charge < -0.3 is 14.4 Å². The summed E-state index contributed by atoms with van der Waals surface area (Å²) in [4.78, 5) is 19.5. The lowest BCUT2D eigenvalue weighted by Gasteiger charge is -2.29. The molecule has 0 unspecified atom stereocenters. The standard InChI is InChI=1S/C20H16N2O3/c1-12-2-4-16-15(10-12)18(23)20(24)7-8-22(19(20)21-16)14-3-5-17-13(11-14)6-9-25-17/h2-6,9-11,24H,7-8H2,1H3/t20-/m1/s1. The normalized spacial score (nSPS) is 22.1. The molecule has 5 heteroatoms. The van der Waals surface area contributed by atoms with Crippen LogP contribution in [0.15, 0.2) is 58.1 Å². The molecule has 2 aromatic carbocycles. The molecule has 25 heavy (non-hydrogen) atoms. The van der Waals surface area contributed by atoms with Crippen LogP contribution >= 0.6 is 0 Å². The van der Waals surface area contributed by atoms with E-state index in [2.05, 4.69) is 4.99 Å². The first-order valence-electron chi connectivity index (χ1n) is 8.28. The fourth-order valence-corrected chi connectivity index (χ4v) is 3.72. The molecular weight excluding hydrogens is 316 g/mol. The van der Waals surface area contributed by atoms with E-state index in [1.807, 2.05) is 48.2 Å². The highest BCUT2D eigenvalue weighted by atomic mass is 16.3. The van der Waals surface area contributed by atoms with E-state index in [4.69, 9.17) is 4.42 Å². The molecule has 1 aromatic heterocycles. The molecule has 0 spiro atoms. The number of rotatable bonds is 1. The molecule has 1 atom stereocenters. The third-order valence-electron chi connectivity index (χ3n) is 5.07. The Labute approximate surface area is 144 Å². The molecule has 0 bridgehead atoms. The van der Waals surface area contributed by atoms with Crippen molar-refractivity contribution in [3.63, 3.8) is 0 Å². The Morgan fingerprint density at radius 2 is 2.08 bits per heavy atom. The predicted octanol–water partition coefficient (Wildman–Crippen LogP) is 3.61. The number of furan rings is 1. The largest absolute Gasteiger partial charge is 0.464 e. The first-order valence-corrected chi connectivity index (χ1v) is 8.28. The SMILES string of the molecule is Cc1ccc2c(c1)C(=O)[C@]1(O)CCN(c3ccc4occc4c3)C1=N2. The lowest BCUT2D eigenvalue weighted by molar-refractivity contribution is 0.0602. The van der Waals surface area contributed by atoms with Crippen molar-refractivity contribution >= 4 is 34.0 Å². The first kappa shape index (κ1) is 14.4. The van der Waals surface area contributed by atoms with E-state index in [0.717, 1.165) is 22.2 Å². The molecule has 2 aliphatic heterocycles. The number of carbonyl (C=O) groups is 1. The van der Waals surface area contributed by atoms with Gasteiger partial charge in [-0.15, -0.1) is 0 Å². The lowest BCUT2D eigenvalue weighted by Crippen LogP contribution is -2.48. The second kappa shape index (κ2) is 4.80. The molecule has 1 N–H and O–H groups in total. The average molecular weight is 332 g/mol. The number of aliphatic imine (C=N–C) groups is 1. The number of hydrogen-bond acceptors (Lipinski definition) is 5. The maximum atomic E-state index is 12.9. The van der Waals surface area contributed by atoms with Crippen LogP contribution in [0.2, 0.25) is 0 Å². The van der Waals surface area contributed by atoms with Gasteiger partial charge in [0.2, 0.25) is 5.78 Å². The molecule has 3 heterocycles. The van der Waals surface area contributed by atoms with Crippen LogP contribution in [0.25, 0.3) is 11.0 Å². The van der Waals surface area contributed by atoms with Crippen LogP contribution < -0.4 is 4.90 Å². The van der Waals surface area contributed by atoms with Gasteiger partial charge >= 0.3 is 0 Å². The Balaban J connectivity index is 1.67. The van der Waals surface area contributed by atoms with Gasteiger partial charge in [0.1, 0.15) is 11.4 Å². The van der Waals surface area contributed by atoms with E-state index in [-0.39, 0.29) is 5.78 Å². The monoisotopic (exact) mass is 332 g/mol. The van der Waals surface area contributed by atoms with Gasteiger partial charge in [0.05, 0.1) is 12.0 Å². The number of aryl methyl sites for hydroxylation is 1. The van der Waals surface area contributed by atoms with E-state index in [9.17, 15) is 9.90 Å². The fraction of sp³-hybridized carbons (Fsp3) is 0.200. The number of fused-ring (bicyclic) bond motifs is 3. The molecule has 1 saturated heterocycles. The zero-order valence-electron chi connectivity index (χ0n) is 13.7. The van der Waals surface area contributed by atoms with Crippen LogP contribution in [0.4, 0.5) is 11.4 Å². The molecule has 0 amide bonds. The zero-order chi connectivity index (χ0) is 17.2. The number of amidine groups is 1. The highest BCUT2D eigenvalue weighted by molar-refractivity contribution is 6.28. The van der Waals surface area contributed by atoms with Crippen LogP contribution in [0.3, 0.4) is 0 Å². The van der Waals surface area contributed by atoms with E-state index in [1.165, 1.54) is 0 Å². The third-order valence-corrected chi connectivity index (χ3v) is 5.07. The van der Waals surface area contributed by atoms with Crippen molar-refractivity contribution < 1.29 is 14.3 Å². The molecule has 1 fully saturated rings. The Bertz CT molecular complexity index is 1070. The number of ketones is 1. The van der Waals surface area contributed by atoms with Crippen molar-refractivity contribution in [2.24, 2.45) is 4.99 Å². The van der Waals surface area contributed by atoms with Crippen LogP contribution in [0, 0.1) is 6.92 Å². The maximum absolute atomic E-state index is 12.9. The van der Waals surface area contributed by atoms with Gasteiger partial charge in [-0.05, 0) is 43.3 Å². The Hall–Kier alpha value is -2.92. The van der Waals surface area contributed by atoms with E-state index < -0.39 is 5.60 Å². The number of nitrogens with zero attached hydrogens (tertiary/aromatic N) is 2. The molecule has 3 aromatic rings. The van der Waals surface area contributed by atoms with Crippen LogP contribution in [-0.4, -0.2) is 28.9 Å². The van der Waals surface area contributed by atoms with Crippen molar-refractivity contribution in [1.82, 2.24) is 0 Å². The second-order valence-corrected chi connectivity index (χ2v) is 6.69. The third kappa shape index (κ3) is 1.93. The Kier molecular flexibility index (Phi) is 2.77. The smallest absolute Gasteiger partial charge is 0.204 e. The van der Waals surface area contributed by atoms with E-state index in [1.54, 1.807) is 12.3 Å². The van der Waals surface area contributed by atoms with Crippen LogP contribution in [-0.2, 0) is 0 Å². The Morgan fingerprint density at radius 1 is 1.20 bits per heavy atom. The summed E-state index contributed by atoms with van der Waals surface area (Å²) in [6.07, 6.45) is 1.98. The molecule has 0 saturated carbocycles. The van der Waals surface area contributed by atoms with Gasteiger partial charge in [0, 0.05) is 29.6 Å². The lowest BCUT2D eigenvalue weighted by atomic mass is 9.87. The van der Waals surface area contributed by atoms with Gasteiger partial charge in [0.15, 0.2) is 5.60 Å². The quantitative estimate of drug-likeness (QED) is 0.739. The zero-order valence-corrected chi connectivity index (χ0v) is 13.7. The number of hydrogen-bond donors (Lipinski definition) is 1. The molecular formula is C20H16N2O3. The number of carbonyl (C=O) groups excluding carboxylic acids is 1. The first-order chi connectivity index (χ1) is 12.1. The van der Waals surface area contributed by atoms with E-state index >= 15 is 0 Å². The molecule has 2 aliphatic rings. The summed E-state index contributed by atoms with van der Waals surface area (Å²) < 4.78 is 5.38. The molecule has 124 valence electrons. The van der Waals surface area contributed by atoms with Gasteiger partial charge in [0.25, 0.3) is 0 Å². The molecule has 0 radical (unpaired) electrons. The maximum Gasteiger partial charge on any atom is 0.204 e. The van der Waals surface area contributed by atoms with Gasteiger partial charge in [-0.25, -0.2) is 4.99 Å². The highest BCUT2D eigenvalue weighted by Crippen LogP contribution is 2.40. The van der Waals surface area contributed by atoms with E-state index in [0.29, 0.717) is 30.1 Å². The summed E-state index contributed by atoms with van der Waals surface area (Å²) in [5.74, 6) is 0.153. The number of benzene rings is 2. The molecule has 5 nitrogen and oxygen atoms in total. The molecule has 5 rings (SSSR count). The number of aliphatic hydroxyl groups is 1. The van der Waals surface area contributed by atoms with Crippen molar-refractivity contribution in [2.45, 2.75) is 18.9 Å². The van der Waals surface area contributed by atoms with Crippen molar-refractivity contribution in [2.75, 3.05) is 11.4 Å². The minimum absolute atomic E-state index is 0.261. The van der Waals surface area contributed by atoms with Crippen LogP contribution in [0.5, 0.6) is 0 Å².